The molecule has 1 aromatic heterocycles. The van der Waals surface area contributed by atoms with Crippen LogP contribution in [-0.4, -0.2) is 16.1 Å². The van der Waals surface area contributed by atoms with Crippen molar-refractivity contribution in [2.45, 2.75) is 26.7 Å². The first-order chi connectivity index (χ1) is 9.56. The summed E-state index contributed by atoms with van der Waals surface area (Å²) >= 11 is 0. The Hall–Kier alpha value is -2.43. The van der Waals surface area contributed by atoms with Gasteiger partial charge in [0.25, 0.3) is 0 Å². The molecule has 104 valence electrons. The molecule has 0 aliphatic carbocycles. The van der Waals surface area contributed by atoms with Gasteiger partial charge in [-0.25, -0.2) is 0 Å². The van der Waals surface area contributed by atoms with E-state index in [-0.39, 0.29) is 5.91 Å². The Bertz CT molecular complexity index is 593. The third-order valence-corrected chi connectivity index (χ3v) is 2.81. The maximum absolute atomic E-state index is 10.9. The fraction of sp³-hybridized carbons (Fsp3) is 0.267. The van der Waals surface area contributed by atoms with Gasteiger partial charge in [0.15, 0.2) is 11.6 Å². The molecule has 1 aromatic carbocycles. The lowest BCUT2D eigenvalue weighted by molar-refractivity contribution is -0.114. The van der Waals surface area contributed by atoms with Crippen LogP contribution in [0.4, 0.5) is 17.3 Å². The molecule has 20 heavy (non-hydrogen) atoms. The summed E-state index contributed by atoms with van der Waals surface area (Å²) in [6.45, 7) is 5.73. The molecule has 0 radical (unpaired) electrons. The van der Waals surface area contributed by atoms with E-state index < -0.39 is 0 Å². The predicted molar refractivity (Wildman–Crippen MR) is 80.1 cm³/mol. The van der Waals surface area contributed by atoms with Crippen LogP contribution >= 0.6 is 0 Å². The van der Waals surface area contributed by atoms with Gasteiger partial charge in [-0.3, -0.25) is 4.79 Å². The van der Waals surface area contributed by atoms with Gasteiger partial charge < -0.3 is 10.6 Å². The first-order valence-electron chi connectivity index (χ1n) is 6.53. The van der Waals surface area contributed by atoms with Crippen LogP contribution < -0.4 is 10.6 Å². The third-order valence-electron chi connectivity index (χ3n) is 2.81. The molecule has 2 N–H and O–H groups in total. The Labute approximate surface area is 118 Å². The predicted octanol–water partition coefficient (Wildman–Crippen LogP) is 3.30. The van der Waals surface area contributed by atoms with Gasteiger partial charge in [-0.2, -0.15) is 0 Å². The van der Waals surface area contributed by atoms with Crippen LogP contribution in [0.1, 0.15) is 32.3 Å². The number of carbonyl (C=O) groups is 1. The van der Waals surface area contributed by atoms with E-state index in [0.29, 0.717) is 17.6 Å². The highest BCUT2D eigenvalue weighted by Gasteiger charge is 2.07. The van der Waals surface area contributed by atoms with Crippen LogP contribution in [0.15, 0.2) is 36.4 Å². The fourth-order valence-electron chi connectivity index (χ4n) is 1.90. The van der Waals surface area contributed by atoms with Crippen molar-refractivity contribution in [1.82, 2.24) is 10.2 Å². The smallest absolute Gasteiger partial charge is 0.222 e. The molecule has 0 atom stereocenters. The molecule has 0 unspecified atom stereocenters. The lowest BCUT2D eigenvalue weighted by Crippen LogP contribution is -2.08. The highest BCUT2D eigenvalue weighted by molar-refractivity contribution is 5.87. The Kier molecular flexibility index (Phi) is 4.30. The SMILES string of the molecule is CC(=O)Nc1ccc(Nc2ccccc2C(C)C)nn1. The maximum Gasteiger partial charge on any atom is 0.222 e. The average Bonchev–Trinajstić information content (AvgIpc) is 2.41. The van der Waals surface area contributed by atoms with Crippen LogP contribution in [0.5, 0.6) is 0 Å². The van der Waals surface area contributed by atoms with E-state index in [1.54, 1.807) is 12.1 Å². The lowest BCUT2D eigenvalue weighted by Gasteiger charge is -2.13. The molecule has 1 amide bonds. The second-order valence-corrected chi connectivity index (χ2v) is 4.85. The summed E-state index contributed by atoms with van der Waals surface area (Å²) in [5.74, 6) is 1.35. The number of nitrogens with one attached hydrogen (secondary N) is 2. The Morgan fingerprint density at radius 2 is 1.70 bits per heavy atom. The van der Waals surface area contributed by atoms with Crippen molar-refractivity contribution in [3.8, 4) is 0 Å². The van der Waals surface area contributed by atoms with Gasteiger partial charge >= 0.3 is 0 Å². The molecule has 0 aliphatic rings. The normalized spacial score (nSPS) is 10.4. The highest BCUT2D eigenvalue weighted by Crippen LogP contribution is 2.26. The molecule has 0 aliphatic heterocycles. The van der Waals surface area contributed by atoms with Crippen molar-refractivity contribution in [2.24, 2.45) is 0 Å². The average molecular weight is 270 g/mol. The number of aromatic nitrogens is 2. The summed E-state index contributed by atoms with van der Waals surface area (Å²) in [6, 6.07) is 11.6. The summed E-state index contributed by atoms with van der Waals surface area (Å²) < 4.78 is 0. The summed E-state index contributed by atoms with van der Waals surface area (Å²) in [6.07, 6.45) is 0. The van der Waals surface area contributed by atoms with Crippen molar-refractivity contribution in [3.63, 3.8) is 0 Å². The van der Waals surface area contributed by atoms with Crippen molar-refractivity contribution in [3.05, 3.63) is 42.0 Å². The zero-order chi connectivity index (χ0) is 14.5. The minimum Gasteiger partial charge on any atom is -0.338 e. The minimum atomic E-state index is -0.162. The lowest BCUT2D eigenvalue weighted by atomic mass is 10.0. The number of rotatable bonds is 4. The number of anilines is 3. The van der Waals surface area contributed by atoms with Gasteiger partial charge in [0, 0.05) is 12.6 Å². The van der Waals surface area contributed by atoms with E-state index in [2.05, 4.69) is 40.7 Å². The van der Waals surface area contributed by atoms with E-state index in [0.717, 1.165) is 5.69 Å². The number of benzene rings is 1. The van der Waals surface area contributed by atoms with E-state index in [1.807, 2.05) is 18.2 Å². The number of carbonyl (C=O) groups excluding carboxylic acids is 1. The molecule has 2 aromatic rings. The fourth-order valence-corrected chi connectivity index (χ4v) is 1.90. The topological polar surface area (TPSA) is 66.9 Å². The molecule has 0 fully saturated rings. The number of hydrogen-bond donors (Lipinski definition) is 2. The van der Waals surface area contributed by atoms with Crippen LogP contribution in [0.2, 0.25) is 0 Å². The first kappa shape index (κ1) is 14.0. The van der Waals surface area contributed by atoms with Crippen molar-refractivity contribution >= 4 is 23.2 Å². The van der Waals surface area contributed by atoms with Gasteiger partial charge in [-0.15, -0.1) is 10.2 Å². The number of para-hydroxylation sites is 1. The molecule has 0 bridgehead atoms. The molecular formula is C15H18N4O. The summed E-state index contributed by atoms with van der Waals surface area (Å²) in [5.41, 5.74) is 2.24. The van der Waals surface area contributed by atoms with E-state index in [1.165, 1.54) is 12.5 Å². The third kappa shape index (κ3) is 3.54. The Balaban J connectivity index is 2.16. The standard InChI is InChI=1S/C15H18N4O/c1-10(2)12-6-4-5-7-13(12)17-15-9-8-14(18-19-15)16-11(3)20/h4-10H,1-3H3,(H,17,19)(H,16,18,20). The van der Waals surface area contributed by atoms with Gasteiger partial charge in [0.2, 0.25) is 5.91 Å². The van der Waals surface area contributed by atoms with E-state index in [9.17, 15) is 4.79 Å². The maximum atomic E-state index is 10.9. The Morgan fingerprint density at radius 3 is 2.30 bits per heavy atom. The van der Waals surface area contributed by atoms with Crippen LogP contribution in [0.25, 0.3) is 0 Å². The molecule has 5 nitrogen and oxygen atoms in total. The molecule has 1 heterocycles. The van der Waals surface area contributed by atoms with Crippen LogP contribution in [-0.2, 0) is 4.79 Å². The first-order valence-corrected chi connectivity index (χ1v) is 6.53. The number of nitrogens with zero attached hydrogens (tertiary/aromatic N) is 2. The summed E-state index contributed by atoms with van der Waals surface area (Å²) in [7, 11) is 0. The van der Waals surface area contributed by atoms with Crippen LogP contribution in [0, 0.1) is 0 Å². The van der Waals surface area contributed by atoms with E-state index >= 15 is 0 Å². The molecule has 5 heteroatoms. The molecule has 0 saturated carbocycles. The second kappa shape index (κ2) is 6.14. The molecule has 2 rings (SSSR count). The zero-order valence-corrected chi connectivity index (χ0v) is 11.8. The van der Waals surface area contributed by atoms with Crippen molar-refractivity contribution in [2.75, 3.05) is 10.6 Å². The minimum absolute atomic E-state index is 0.162. The summed E-state index contributed by atoms with van der Waals surface area (Å²) in [5, 5.41) is 13.8. The van der Waals surface area contributed by atoms with Crippen molar-refractivity contribution < 1.29 is 4.79 Å². The molecule has 0 spiro atoms. The largest absolute Gasteiger partial charge is 0.338 e. The second-order valence-electron chi connectivity index (χ2n) is 4.85. The number of amides is 1. The van der Waals surface area contributed by atoms with E-state index in [4.69, 9.17) is 0 Å². The zero-order valence-electron chi connectivity index (χ0n) is 11.8. The van der Waals surface area contributed by atoms with Crippen LogP contribution in [0.3, 0.4) is 0 Å². The highest BCUT2D eigenvalue weighted by atomic mass is 16.1. The van der Waals surface area contributed by atoms with Gasteiger partial charge in [-0.05, 0) is 29.7 Å². The molecular weight excluding hydrogens is 252 g/mol. The van der Waals surface area contributed by atoms with Gasteiger partial charge in [0.1, 0.15) is 0 Å². The Morgan fingerprint density at radius 1 is 1.05 bits per heavy atom. The quantitative estimate of drug-likeness (QED) is 0.894. The summed E-state index contributed by atoms with van der Waals surface area (Å²) in [4.78, 5) is 10.9. The van der Waals surface area contributed by atoms with Crippen molar-refractivity contribution in [1.29, 1.82) is 0 Å². The monoisotopic (exact) mass is 270 g/mol. The molecule has 0 saturated heterocycles. The number of hydrogen-bond acceptors (Lipinski definition) is 4. The van der Waals surface area contributed by atoms with Gasteiger partial charge in [-0.1, -0.05) is 32.0 Å². The van der Waals surface area contributed by atoms with Gasteiger partial charge in [0.05, 0.1) is 0 Å².